The van der Waals surface area contributed by atoms with Crippen LogP contribution in [0, 0.1) is 13.8 Å². The average molecular weight is 428 g/mol. The van der Waals surface area contributed by atoms with Crippen molar-refractivity contribution >= 4 is 22.8 Å². The number of imidazole rings is 1. The zero-order valence-electron chi connectivity index (χ0n) is 18.1. The monoisotopic (exact) mass is 428 g/mol. The molecule has 2 aromatic heterocycles. The summed E-state index contributed by atoms with van der Waals surface area (Å²) in [5, 5.41) is 4.55. The molecule has 0 bridgehead atoms. The molecule has 4 aromatic rings. The van der Waals surface area contributed by atoms with Gasteiger partial charge in [-0.25, -0.2) is 9.67 Å². The molecule has 0 atom stereocenters. The molecule has 1 aliphatic rings. The molecule has 5 rings (SSSR count). The number of piperazine rings is 1. The number of fused-ring (bicyclic) bond motifs is 1. The number of H-pyrrole nitrogens is 1. The average Bonchev–Trinajstić information content (AvgIpc) is 3.45. The SMILES string of the molecule is Cc1ccc(-n2nc(C(=O)N3CCN(C(=O)c4ccc5nc[nH]c5c4)CC3)cc2C)cc1. The van der Waals surface area contributed by atoms with Crippen LogP contribution in [0.15, 0.2) is 54.9 Å². The van der Waals surface area contributed by atoms with Crippen LogP contribution < -0.4 is 0 Å². The topological polar surface area (TPSA) is 87.1 Å². The van der Waals surface area contributed by atoms with E-state index in [-0.39, 0.29) is 11.8 Å². The van der Waals surface area contributed by atoms with Crippen LogP contribution in [0.5, 0.6) is 0 Å². The number of aryl methyl sites for hydroxylation is 2. The molecule has 0 unspecified atom stereocenters. The number of amides is 2. The second kappa shape index (κ2) is 7.96. The van der Waals surface area contributed by atoms with Gasteiger partial charge in [0.1, 0.15) is 0 Å². The van der Waals surface area contributed by atoms with Gasteiger partial charge in [-0.1, -0.05) is 17.7 Å². The van der Waals surface area contributed by atoms with Crippen LogP contribution in [0.25, 0.3) is 16.7 Å². The van der Waals surface area contributed by atoms with Crippen molar-refractivity contribution in [1.82, 2.24) is 29.5 Å². The Morgan fingerprint density at radius 3 is 2.28 bits per heavy atom. The Morgan fingerprint density at radius 1 is 0.875 bits per heavy atom. The third-order valence-electron chi connectivity index (χ3n) is 5.91. The highest BCUT2D eigenvalue weighted by Crippen LogP contribution is 2.17. The third kappa shape index (κ3) is 3.64. The lowest BCUT2D eigenvalue weighted by Gasteiger charge is -2.34. The van der Waals surface area contributed by atoms with Crippen LogP contribution in [-0.4, -0.2) is 67.5 Å². The van der Waals surface area contributed by atoms with E-state index in [1.807, 2.05) is 56.3 Å². The first-order valence-corrected chi connectivity index (χ1v) is 10.6. The van der Waals surface area contributed by atoms with Gasteiger partial charge in [0, 0.05) is 37.4 Å². The highest BCUT2D eigenvalue weighted by Gasteiger charge is 2.27. The summed E-state index contributed by atoms with van der Waals surface area (Å²) >= 11 is 0. The van der Waals surface area contributed by atoms with Crippen molar-refractivity contribution in [2.45, 2.75) is 13.8 Å². The molecule has 162 valence electrons. The van der Waals surface area contributed by atoms with Gasteiger partial charge in [0.15, 0.2) is 5.69 Å². The summed E-state index contributed by atoms with van der Waals surface area (Å²) in [7, 11) is 0. The highest BCUT2D eigenvalue weighted by molar-refractivity contribution is 5.97. The number of carbonyl (C=O) groups excluding carboxylic acids is 2. The van der Waals surface area contributed by atoms with Crippen LogP contribution >= 0.6 is 0 Å². The Labute approximate surface area is 185 Å². The van der Waals surface area contributed by atoms with Gasteiger partial charge < -0.3 is 14.8 Å². The van der Waals surface area contributed by atoms with E-state index in [9.17, 15) is 9.59 Å². The fourth-order valence-electron chi connectivity index (χ4n) is 4.05. The first-order valence-electron chi connectivity index (χ1n) is 10.6. The van der Waals surface area contributed by atoms with Crippen LogP contribution in [0.1, 0.15) is 32.1 Å². The van der Waals surface area contributed by atoms with E-state index in [4.69, 9.17) is 0 Å². The molecule has 2 amide bonds. The minimum Gasteiger partial charge on any atom is -0.345 e. The summed E-state index contributed by atoms with van der Waals surface area (Å²) in [6.45, 7) is 5.92. The van der Waals surface area contributed by atoms with E-state index in [1.165, 1.54) is 5.56 Å². The molecule has 1 fully saturated rings. The van der Waals surface area contributed by atoms with E-state index in [0.29, 0.717) is 37.4 Å². The molecular formula is C24H24N6O2. The molecule has 1 saturated heterocycles. The maximum Gasteiger partial charge on any atom is 0.274 e. The Bertz CT molecular complexity index is 1300. The number of rotatable bonds is 3. The fraction of sp³-hybridized carbons (Fsp3) is 0.250. The molecule has 1 aliphatic heterocycles. The zero-order chi connectivity index (χ0) is 22.2. The van der Waals surface area contributed by atoms with Gasteiger partial charge in [-0.3, -0.25) is 9.59 Å². The van der Waals surface area contributed by atoms with Gasteiger partial charge in [0.05, 0.1) is 23.0 Å². The van der Waals surface area contributed by atoms with Gasteiger partial charge in [-0.05, 0) is 50.2 Å². The normalized spacial score (nSPS) is 14.2. The van der Waals surface area contributed by atoms with Crippen molar-refractivity contribution in [2.24, 2.45) is 0 Å². The number of hydrogen-bond donors (Lipinski definition) is 1. The summed E-state index contributed by atoms with van der Waals surface area (Å²) in [5.74, 6) is -0.141. The predicted octanol–water partition coefficient (Wildman–Crippen LogP) is 2.96. The van der Waals surface area contributed by atoms with Crippen molar-refractivity contribution < 1.29 is 9.59 Å². The molecule has 0 saturated carbocycles. The van der Waals surface area contributed by atoms with Crippen LogP contribution in [-0.2, 0) is 0 Å². The van der Waals surface area contributed by atoms with Gasteiger partial charge in [-0.2, -0.15) is 5.10 Å². The Morgan fingerprint density at radius 2 is 1.56 bits per heavy atom. The molecule has 2 aromatic carbocycles. The summed E-state index contributed by atoms with van der Waals surface area (Å²) in [6.07, 6.45) is 1.62. The number of nitrogens with one attached hydrogen (secondary N) is 1. The molecular weight excluding hydrogens is 404 g/mol. The van der Waals surface area contributed by atoms with Gasteiger partial charge in [0.2, 0.25) is 0 Å². The minimum atomic E-state index is -0.107. The molecule has 0 spiro atoms. The van der Waals surface area contributed by atoms with E-state index < -0.39 is 0 Å². The summed E-state index contributed by atoms with van der Waals surface area (Å²) in [6, 6.07) is 15.3. The predicted molar refractivity (Wildman–Crippen MR) is 121 cm³/mol. The van der Waals surface area contributed by atoms with Crippen LogP contribution in [0.4, 0.5) is 0 Å². The number of aromatic amines is 1. The zero-order valence-corrected chi connectivity index (χ0v) is 18.1. The van der Waals surface area contributed by atoms with E-state index in [0.717, 1.165) is 22.4 Å². The largest absolute Gasteiger partial charge is 0.345 e. The molecule has 0 aliphatic carbocycles. The lowest BCUT2D eigenvalue weighted by atomic mass is 10.1. The maximum atomic E-state index is 13.0. The van der Waals surface area contributed by atoms with Crippen molar-refractivity contribution in [3.63, 3.8) is 0 Å². The number of hydrogen-bond acceptors (Lipinski definition) is 4. The molecule has 32 heavy (non-hydrogen) atoms. The highest BCUT2D eigenvalue weighted by atomic mass is 16.2. The summed E-state index contributed by atoms with van der Waals surface area (Å²) in [5.41, 5.74) is 5.71. The van der Waals surface area contributed by atoms with Crippen molar-refractivity contribution in [1.29, 1.82) is 0 Å². The fourth-order valence-corrected chi connectivity index (χ4v) is 4.05. The Hall–Kier alpha value is -3.94. The van der Waals surface area contributed by atoms with Crippen molar-refractivity contribution in [3.05, 3.63) is 77.4 Å². The lowest BCUT2D eigenvalue weighted by Crippen LogP contribution is -2.50. The van der Waals surface area contributed by atoms with Gasteiger partial charge in [-0.15, -0.1) is 0 Å². The first kappa shape index (κ1) is 20.0. The number of aromatic nitrogens is 4. The first-order chi connectivity index (χ1) is 15.5. The smallest absolute Gasteiger partial charge is 0.274 e. The Balaban J connectivity index is 1.26. The standard InChI is InChI=1S/C24H24N6O2/c1-16-3-6-19(7-4-16)30-17(2)13-22(27-30)24(32)29-11-9-28(10-12-29)23(31)18-5-8-20-21(14-18)26-15-25-20/h3-8,13-15H,9-12H2,1-2H3,(H,25,26). The lowest BCUT2D eigenvalue weighted by molar-refractivity contribution is 0.0532. The quantitative estimate of drug-likeness (QED) is 0.544. The van der Waals surface area contributed by atoms with Gasteiger partial charge >= 0.3 is 0 Å². The van der Waals surface area contributed by atoms with E-state index in [2.05, 4.69) is 15.1 Å². The molecule has 0 radical (unpaired) electrons. The number of carbonyl (C=O) groups is 2. The second-order valence-electron chi connectivity index (χ2n) is 8.14. The van der Waals surface area contributed by atoms with E-state index in [1.54, 1.807) is 26.9 Å². The number of nitrogens with zero attached hydrogens (tertiary/aromatic N) is 5. The Kier molecular flexibility index (Phi) is 4.97. The summed E-state index contributed by atoms with van der Waals surface area (Å²) < 4.78 is 1.79. The molecule has 8 heteroatoms. The number of benzene rings is 2. The maximum absolute atomic E-state index is 13.0. The van der Waals surface area contributed by atoms with Crippen molar-refractivity contribution in [3.8, 4) is 5.69 Å². The van der Waals surface area contributed by atoms with Crippen LogP contribution in [0.3, 0.4) is 0 Å². The van der Waals surface area contributed by atoms with Crippen molar-refractivity contribution in [2.75, 3.05) is 26.2 Å². The second-order valence-corrected chi connectivity index (χ2v) is 8.14. The third-order valence-corrected chi connectivity index (χ3v) is 5.91. The molecule has 3 heterocycles. The molecule has 8 nitrogen and oxygen atoms in total. The summed E-state index contributed by atoms with van der Waals surface area (Å²) in [4.78, 5) is 36.7. The minimum absolute atomic E-state index is 0.0342. The van der Waals surface area contributed by atoms with Crippen LogP contribution in [0.2, 0.25) is 0 Å². The van der Waals surface area contributed by atoms with E-state index >= 15 is 0 Å². The van der Waals surface area contributed by atoms with Gasteiger partial charge in [0.25, 0.3) is 11.8 Å². The molecule has 1 N–H and O–H groups in total.